The predicted molar refractivity (Wildman–Crippen MR) is 67.0 cm³/mol. The highest BCUT2D eigenvalue weighted by Gasteiger charge is 2.07. The van der Waals surface area contributed by atoms with Gasteiger partial charge in [0.05, 0.1) is 0 Å². The van der Waals surface area contributed by atoms with Gasteiger partial charge in [-0.15, -0.1) is 0 Å². The maximum Gasteiger partial charge on any atom is 0.158 e. The Morgan fingerprint density at radius 2 is 1.80 bits per heavy atom. The summed E-state index contributed by atoms with van der Waals surface area (Å²) in [6.07, 6.45) is 7.45. The van der Waals surface area contributed by atoms with Crippen LogP contribution in [0.2, 0.25) is 0 Å². The second-order valence-electron chi connectivity index (χ2n) is 4.77. The van der Waals surface area contributed by atoms with Crippen LogP contribution in [0.1, 0.15) is 65.7 Å². The van der Waals surface area contributed by atoms with Crippen molar-refractivity contribution in [2.24, 2.45) is 5.92 Å². The Kier molecular flexibility index (Phi) is 8.35. The number of allylic oxidation sites excluding steroid dienone is 1. The largest absolute Gasteiger partial charge is 0.295 e. The zero-order chi connectivity index (χ0) is 11.7. The molecule has 1 heteroatoms. The molecule has 0 spiro atoms. The van der Waals surface area contributed by atoms with Crippen molar-refractivity contribution in [2.45, 2.75) is 65.7 Å². The van der Waals surface area contributed by atoms with Crippen molar-refractivity contribution in [1.29, 1.82) is 0 Å². The second-order valence-corrected chi connectivity index (χ2v) is 4.77. The van der Waals surface area contributed by atoms with Crippen molar-refractivity contribution in [3.05, 3.63) is 12.2 Å². The molecular formula is C14H26O. The molecule has 0 saturated heterocycles. The van der Waals surface area contributed by atoms with Crippen LogP contribution in [0.25, 0.3) is 0 Å². The van der Waals surface area contributed by atoms with Gasteiger partial charge >= 0.3 is 0 Å². The number of hydrogen-bond donors (Lipinski definition) is 0. The van der Waals surface area contributed by atoms with Gasteiger partial charge in [-0.3, -0.25) is 4.79 Å². The lowest BCUT2D eigenvalue weighted by atomic mass is 9.98. The number of carbonyl (C=O) groups is 1. The summed E-state index contributed by atoms with van der Waals surface area (Å²) >= 11 is 0. The Morgan fingerprint density at radius 3 is 2.33 bits per heavy atom. The maximum atomic E-state index is 11.6. The molecule has 0 fully saturated rings. The molecule has 1 nitrogen and oxygen atoms in total. The Bertz CT molecular complexity index is 192. The Balaban J connectivity index is 3.56. The lowest BCUT2D eigenvalue weighted by Crippen LogP contribution is -2.03. The van der Waals surface area contributed by atoms with Crippen molar-refractivity contribution in [1.82, 2.24) is 0 Å². The minimum Gasteiger partial charge on any atom is -0.295 e. The number of hydrogen-bond acceptors (Lipinski definition) is 1. The monoisotopic (exact) mass is 210 g/mol. The van der Waals surface area contributed by atoms with E-state index < -0.39 is 0 Å². The van der Waals surface area contributed by atoms with Crippen molar-refractivity contribution >= 4 is 5.78 Å². The first-order valence-electron chi connectivity index (χ1n) is 6.28. The van der Waals surface area contributed by atoms with E-state index in [1.165, 1.54) is 19.3 Å². The Labute approximate surface area is 95.0 Å². The van der Waals surface area contributed by atoms with Crippen molar-refractivity contribution in [2.75, 3.05) is 0 Å². The summed E-state index contributed by atoms with van der Waals surface area (Å²) in [7, 11) is 0. The highest BCUT2D eigenvalue weighted by molar-refractivity contribution is 5.94. The van der Waals surface area contributed by atoms with Crippen LogP contribution in [0, 0.1) is 5.92 Å². The van der Waals surface area contributed by atoms with Gasteiger partial charge in [-0.1, -0.05) is 46.6 Å². The molecule has 88 valence electrons. The third-order valence-electron chi connectivity index (χ3n) is 2.68. The Morgan fingerprint density at radius 1 is 1.13 bits per heavy atom. The molecule has 0 rings (SSSR count). The number of Topliss-reactive ketones (excluding diaryl/α,β-unsaturated/α-hetero) is 1. The van der Waals surface area contributed by atoms with E-state index in [1.807, 2.05) is 0 Å². The summed E-state index contributed by atoms with van der Waals surface area (Å²) in [4.78, 5) is 11.6. The molecule has 0 aromatic carbocycles. The van der Waals surface area contributed by atoms with Gasteiger partial charge in [-0.25, -0.2) is 0 Å². The SMILES string of the molecule is C=C(CCCCCC)C(=O)CCC(C)C. The van der Waals surface area contributed by atoms with Crippen LogP contribution in [0.4, 0.5) is 0 Å². The average Bonchev–Trinajstić information content (AvgIpc) is 2.20. The van der Waals surface area contributed by atoms with Gasteiger partial charge < -0.3 is 0 Å². The minimum atomic E-state index is 0.278. The number of rotatable bonds is 9. The topological polar surface area (TPSA) is 17.1 Å². The van der Waals surface area contributed by atoms with Crippen LogP contribution in [0.5, 0.6) is 0 Å². The maximum absolute atomic E-state index is 11.6. The molecule has 0 amide bonds. The van der Waals surface area contributed by atoms with E-state index in [0.717, 1.165) is 24.8 Å². The van der Waals surface area contributed by atoms with Gasteiger partial charge in [0.2, 0.25) is 0 Å². The standard InChI is InChI=1S/C14H26O/c1-5-6-7-8-9-13(4)14(15)11-10-12(2)3/h12H,4-11H2,1-3H3. The fourth-order valence-corrected chi connectivity index (χ4v) is 1.50. The molecule has 0 radical (unpaired) electrons. The number of unbranched alkanes of at least 4 members (excludes halogenated alkanes) is 3. The summed E-state index contributed by atoms with van der Waals surface area (Å²) in [6, 6.07) is 0. The van der Waals surface area contributed by atoms with Gasteiger partial charge in [0.15, 0.2) is 5.78 Å². The van der Waals surface area contributed by atoms with E-state index in [1.54, 1.807) is 0 Å². The van der Waals surface area contributed by atoms with Gasteiger partial charge in [-0.05, 0) is 30.8 Å². The quantitative estimate of drug-likeness (QED) is 0.404. The summed E-state index contributed by atoms with van der Waals surface area (Å²) < 4.78 is 0. The van der Waals surface area contributed by atoms with E-state index in [4.69, 9.17) is 0 Å². The smallest absolute Gasteiger partial charge is 0.158 e. The number of ketones is 1. The summed E-state index contributed by atoms with van der Waals surface area (Å²) in [5.41, 5.74) is 0.840. The second kappa shape index (κ2) is 8.70. The third-order valence-corrected chi connectivity index (χ3v) is 2.68. The highest BCUT2D eigenvalue weighted by Crippen LogP contribution is 2.13. The lowest BCUT2D eigenvalue weighted by molar-refractivity contribution is -0.115. The zero-order valence-electron chi connectivity index (χ0n) is 10.6. The highest BCUT2D eigenvalue weighted by atomic mass is 16.1. The van der Waals surface area contributed by atoms with E-state index >= 15 is 0 Å². The predicted octanol–water partition coefficient (Wildman–Crippen LogP) is 4.52. The molecule has 0 atom stereocenters. The van der Waals surface area contributed by atoms with Crippen LogP contribution in [-0.4, -0.2) is 5.78 Å². The molecule has 0 aromatic heterocycles. The molecule has 0 aliphatic carbocycles. The van der Waals surface area contributed by atoms with Crippen LogP contribution in [-0.2, 0) is 4.79 Å². The molecular weight excluding hydrogens is 184 g/mol. The lowest BCUT2D eigenvalue weighted by Gasteiger charge is -2.06. The van der Waals surface area contributed by atoms with Crippen molar-refractivity contribution in [3.8, 4) is 0 Å². The first-order valence-corrected chi connectivity index (χ1v) is 6.28. The summed E-state index contributed by atoms with van der Waals surface area (Å²) in [6.45, 7) is 10.4. The van der Waals surface area contributed by atoms with E-state index in [2.05, 4.69) is 27.4 Å². The first kappa shape index (κ1) is 14.4. The molecule has 0 aromatic rings. The molecule has 0 aliphatic rings. The molecule has 0 heterocycles. The molecule has 0 N–H and O–H groups in total. The molecule has 0 saturated carbocycles. The van der Waals surface area contributed by atoms with Crippen molar-refractivity contribution < 1.29 is 4.79 Å². The minimum absolute atomic E-state index is 0.278. The summed E-state index contributed by atoms with van der Waals surface area (Å²) in [5.74, 6) is 0.891. The van der Waals surface area contributed by atoms with Gasteiger partial charge in [-0.2, -0.15) is 0 Å². The molecule has 0 aliphatic heterocycles. The van der Waals surface area contributed by atoms with Gasteiger partial charge in [0.25, 0.3) is 0 Å². The molecule has 0 unspecified atom stereocenters. The van der Waals surface area contributed by atoms with Crippen LogP contribution in [0.15, 0.2) is 12.2 Å². The van der Waals surface area contributed by atoms with E-state index in [-0.39, 0.29) is 5.78 Å². The molecule has 0 bridgehead atoms. The zero-order valence-corrected chi connectivity index (χ0v) is 10.6. The first-order chi connectivity index (χ1) is 7.07. The van der Waals surface area contributed by atoms with E-state index in [9.17, 15) is 4.79 Å². The third kappa shape index (κ3) is 8.41. The Hall–Kier alpha value is -0.590. The number of carbonyl (C=O) groups excluding carboxylic acids is 1. The average molecular weight is 210 g/mol. The van der Waals surface area contributed by atoms with Gasteiger partial charge in [0.1, 0.15) is 0 Å². The summed E-state index contributed by atoms with van der Waals surface area (Å²) in [5, 5.41) is 0. The normalized spacial score (nSPS) is 10.7. The van der Waals surface area contributed by atoms with Crippen LogP contribution in [0.3, 0.4) is 0 Å². The van der Waals surface area contributed by atoms with Crippen LogP contribution >= 0.6 is 0 Å². The van der Waals surface area contributed by atoms with Gasteiger partial charge in [0, 0.05) is 6.42 Å². The fourth-order valence-electron chi connectivity index (χ4n) is 1.50. The van der Waals surface area contributed by atoms with Crippen LogP contribution < -0.4 is 0 Å². The van der Waals surface area contributed by atoms with Crippen molar-refractivity contribution in [3.63, 3.8) is 0 Å². The molecule has 15 heavy (non-hydrogen) atoms. The fraction of sp³-hybridized carbons (Fsp3) is 0.786. The van der Waals surface area contributed by atoms with E-state index in [0.29, 0.717) is 12.3 Å².